The van der Waals surface area contributed by atoms with Crippen molar-refractivity contribution in [3.05, 3.63) is 53.1 Å². The van der Waals surface area contributed by atoms with Crippen LogP contribution in [0.3, 0.4) is 0 Å². The third-order valence-electron chi connectivity index (χ3n) is 4.68. The SMILES string of the molecule is COc1ccc(N([C@H](C)C(=O)NCCOc2ccccc2C(C)C)S(C)(=O)=O)cc1Cl. The van der Waals surface area contributed by atoms with Crippen molar-refractivity contribution < 1.29 is 22.7 Å². The molecule has 2 aromatic rings. The standard InChI is InChI=1S/C22H29ClN2O5S/c1-15(2)18-8-6-7-9-20(18)30-13-12-24-22(26)16(3)25(31(5,27)28)17-10-11-21(29-4)19(23)14-17/h6-11,14-16H,12-13H2,1-5H3,(H,24,26)/t16-/m1/s1. The molecule has 0 saturated heterocycles. The Hall–Kier alpha value is -2.45. The maximum atomic E-state index is 12.7. The number of para-hydroxylation sites is 1. The lowest BCUT2D eigenvalue weighted by atomic mass is 10.0. The maximum Gasteiger partial charge on any atom is 0.243 e. The summed E-state index contributed by atoms with van der Waals surface area (Å²) in [5, 5.41) is 2.98. The van der Waals surface area contributed by atoms with Gasteiger partial charge in [-0.2, -0.15) is 0 Å². The average molecular weight is 469 g/mol. The van der Waals surface area contributed by atoms with Gasteiger partial charge in [-0.05, 0) is 42.7 Å². The summed E-state index contributed by atoms with van der Waals surface area (Å²) in [5.41, 5.74) is 1.36. The van der Waals surface area contributed by atoms with E-state index in [-0.39, 0.29) is 23.9 Å². The van der Waals surface area contributed by atoms with E-state index < -0.39 is 22.0 Å². The Morgan fingerprint density at radius 3 is 2.39 bits per heavy atom. The van der Waals surface area contributed by atoms with E-state index in [1.807, 2.05) is 24.3 Å². The normalized spacial score (nSPS) is 12.4. The number of anilines is 1. The number of nitrogens with one attached hydrogen (secondary N) is 1. The Morgan fingerprint density at radius 2 is 1.81 bits per heavy atom. The summed E-state index contributed by atoms with van der Waals surface area (Å²) in [7, 11) is -2.28. The Bertz CT molecular complexity index is 1010. The van der Waals surface area contributed by atoms with Crippen LogP contribution in [-0.2, 0) is 14.8 Å². The Balaban J connectivity index is 2.05. The fourth-order valence-corrected chi connectivity index (χ4v) is 4.59. The molecule has 1 atom stereocenters. The number of rotatable bonds is 10. The summed E-state index contributed by atoms with van der Waals surface area (Å²) < 4.78 is 36.8. The number of carbonyl (C=O) groups is 1. The third kappa shape index (κ3) is 6.51. The predicted octanol–water partition coefficient (Wildman–Crippen LogP) is 3.82. The second kappa shape index (κ2) is 10.7. The van der Waals surface area contributed by atoms with Gasteiger partial charge in [-0.15, -0.1) is 0 Å². The second-order valence-corrected chi connectivity index (χ2v) is 9.65. The van der Waals surface area contributed by atoms with E-state index in [1.54, 1.807) is 12.1 Å². The Morgan fingerprint density at radius 1 is 1.13 bits per heavy atom. The summed E-state index contributed by atoms with van der Waals surface area (Å²) in [6.07, 6.45) is 1.04. The molecular formula is C22H29ClN2O5S. The molecule has 0 unspecified atom stereocenters. The van der Waals surface area contributed by atoms with Gasteiger partial charge in [0.2, 0.25) is 15.9 Å². The molecule has 170 valence electrons. The highest BCUT2D eigenvalue weighted by Gasteiger charge is 2.29. The zero-order valence-corrected chi connectivity index (χ0v) is 20.0. The van der Waals surface area contributed by atoms with Crippen LogP contribution in [0.4, 0.5) is 5.69 Å². The maximum absolute atomic E-state index is 12.7. The molecule has 0 aliphatic carbocycles. The van der Waals surface area contributed by atoms with Crippen molar-refractivity contribution in [3.8, 4) is 11.5 Å². The summed E-state index contributed by atoms with van der Waals surface area (Å²) in [4.78, 5) is 12.7. The fourth-order valence-electron chi connectivity index (χ4n) is 3.17. The Kier molecular flexibility index (Phi) is 8.59. The minimum atomic E-state index is -3.75. The molecule has 7 nitrogen and oxygen atoms in total. The molecule has 0 bridgehead atoms. The number of methoxy groups -OCH3 is 1. The molecule has 0 spiro atoms. The summed E-state index contributed by atoms with van der Waals surface area (Å²) in [6, 6.07) is 11.3. The van der Waals surface area contributed by atoms with Gasteiger partial charge in [0.15, 0.2) is 0 Å². The zero-order chi connectivity index (χ0) is 23.2. The molecule has 0 radical (unpaired) electrons. The van der Waals surface area contributed by atoms with Crippen LogP contribution in [0.15, 0.2) is 42.5 Å². The molecule has 0 aliphatic rings. The minimum Gasteiger partial charge on any atom is -0.495 e. The van der Waals surface area contributed by atoms with Gasteiger partial charge in [0.05, 0.1) is 30.6 Å². The number of carbonyl (C=O) groups excluding carboxylic acids is 1. The summed E-state index contributed by atoms with van der Waals surface area (Å²) in [5.74, 6) is 1.05. The van der Waals surface area contributed by atoms with E-state index in [2.05, 4.69) is 19.2 Å². The molecule has 0 fully saturated rings. The first kappa shape index (κ1) is 24.8. The minimum absolute atomic E-state index is 0.233. The summed E-state index contributed by atoms with van der Waals surface area (Å²) >= 11 is 6.14. The van der Waals surface area contributed by atoms with E-state index in [4.69, 9.17) is 21.1 Å². The second-order valence-electron chi connectivity index (χ2n) is 7.39. The van der Waals surface area contributed by atoms with Gasteiger partial charge in [0.25, 0.3) is 0 Å². The molecule has 2 aromatic carbocycles. The van der Waals surface area contributed by atoms with E-state index in [9.17, 15) is 13.2 Å². The molecule has 0 aromatic heterocycles. The van der Waals surface area contributed by atoms with Gasteiger partial charge in [-0.25, -0.2) is 8.42 Å². The van der Waals surface area contributed by atoms with Crippen molar-refractivity contribution in [1.29, 1.82) is 0 Å². The van der Waals surface area contributed by atoms with Crippen molar-refractivity contribution >= 4 is 33.2 Å². The first-order valence-electron chi connectivity index (χ1n) is 9.88. The van der Waals surface area contributed by atoms with Crippen molar-refractivity contribution in [2.75, 3.05) is 30.8 Å². The average Bonchev–Trinajstić information content (AvgIpc) is 2.70. The highest BCUT2D eigenvalue weighted by molar-refractivity contribution is 7.92. The van der Waals surface area contributed by atoms with E-state index in [0.29, 0.717) is 11.7 Å². The van der Waals surface area contributed by atoms with Crippen LogP contribution in [0, 0.1) is 0 Å². The number of halogens is 1. The number of nitrogens with zero attached hydrogens (tertiary/aromatic N) is 1. The monoisotopic (exact) mass is 468 g/mol. The van der Waals surface area contributed by atoms with Gasteiger partial charge < -0.3 is 14.8 Å². The van der Waals surface area contributed by atoms with Crippen molar-refractivity contribution in [1.82, 2.24) is 5.32 Å². The number of hydrogen-bond donors (Lipinski definition) is 1. The summed E-state index contributed by atoms with van der Waals surface area (Å²) in [6.45, 7) is 6.17. The first-order valence-corrected chi connectivity index (χ1v) is 12.1. The van der Waals surface area contributed by atoms with Crippen LogP contribution in [0.5, 0.6) is 11.5 Å². The fraction of sp³-hybridized carbons (Fsp3) is 0.409. The molecule has 1 N–H and O–H groups in total. The lowest BCUT2D eigenvalue weighted by Crippen LogP contribution is -2.48. The molecular weight excluding hydrogens is 440 g/mol. The van der Waals surface area contributed by atoms with E-state index >= 15 is 0 Å². The number of sulfonamides is 1. The highest BCUT2D eigenvalue weighted by Crippen LogP contribution is 2.31. The van der Waals surface area contributed by atoms with Gasteiger partial charge in [-0.3, -0.25) is 9.10 Å². The predicted molar refractivity (Wildman–Crippen MR) is 124 cm³/mol. The molecule has 0 saturated carbocycles. The molecule has 9 heteroatoms. The van der Waals surface area contributed by atoms with Crippen LogP contribution in [0.1, 0.15) is 32.3 Å². The molecule has 31 heavy (non-hydrogen) atoms. The molecule has 0 aliphatic heterocycles. The molecule has 2 rings (SSSR count). The van der Waals surface area contributed by atoms with Crippen molar-refractivity contribution in [3.63, 3.8) is 0 Å². The lowest BCUT2D eigenvalue weighted by Gasteiger charge is -2.28. The first-order chi connectivity index (χ1) is 14.6. The number of benzene rings is 2. The van der Waals surface area contributed by atoms with Crippen LogP contribution >= 0.6 is 11.6 Å². The van der Waals surface area contributed by atoms with E-state index in [0.717, 1.165) is 21.9 Å². The lowest BCUT2D eigenvalue weighted by molar-refractivity contribution is -0.121. The Labute approximate surface area is 189 Å². The van der Waals surface area contributed by atoms with Gasteiger partial charge in [0.1, 0.15) is 24.1 Å². The smallest absolute Gasteiger partial charge is 0.243 e. The number of hydrogen-bond acceptors (Lipinski definition) is 5. The van der Waals surface area contributed by atoms with Gasteiger partial charge in [0, 0.05) is 0 Å². The number of amides is 1. The van der Waals surface area contributed by atoms with Crippen LogP contribution < -0.4 is 19.1 Å². The van der Waals surface area contributed by atoms with Gasteiger partial charge in [-0.1, -0.05) is 43.6 Å². The van der Waals surface area contributed by atoms with Gasteiger partial charge >= 0.3 is 0 Å². The van der Waals surface area contributed by atoms with Crippen molar-refractivity contribution in [2.45, 2.75) is 32.7 Å². The zero-order valence-electron chi connectivity index (χ0n) is 18.4. The van der Waals surface area contributed by atoms with Crippen molar-refractivity contribution in [2.24, 2.45) is 0 Å². The quantitative estimate of drug-likeness (QED) is 0.536. The van der Waals surface area contributed by atoms with Crippen LogP contribution in [-0.4, -0.2) is 46.9 Å². The van der Waals surface area contributed by atoms with Crippen LogP contribution in [0.2, 0.25) is 5.02 Å². The third-order valence-corrected chi connectivity index (χ3v) is 6.22. The highest BCUT2D eigenvalue weighted by atomic mass is 35.5. The molecule has 0 heterocycles. The molecule has 1 amide bonds. The number of ether oxygens (including phenoxy) is 2. The van der Waals surface area contributed by atoms with Crippen LogP contribution in [0.25, 0.3) is 0 Å². The topological polar surface area (TPSA) is 84.9 Å². The van der Waals surface area contributed by atoms with E-state index in [1.165, 1.54) is 20.1 Å². The largest absolute Gasteiger partial charge is 0.495 e.